The molecule has 2 aromatic rings. The van der Waals surface area contributed by atoms with Gasteiger partial charge in [-0.15, -0.1) is 0 Å². The molecule has 5 N–H and O–H groups in total. The topological polar surface area (TPSA) is 174 Å². The van der Waals surface area contributed by atoms with Crippen LogP contribution in [0.2, 0.25) is 0 Å². The van der Waals surface area contributed by atoms with Crippen molar-refractivity contribution in [2.45, 2.75) is 88.3 Å². The van der Waals surface area contributed by atoms with E-state index in [1.807, 2.05) is 32.0 Å². The van der Waals surface area contributed by atoms with Crippen LogP contribution >= 0.6 is 0 Å². The molecule has 2 heterocycles. The fraction of sp³-hybridized carbons (Fsp3) is 0.500. The number of aliphatic hydroxyl groups is 2. The van der Waals surface area contributed by atoms with Crippen molar-refractivity contribution in [2.75, 3.05) is 7.11 Å². The van der Waals surface area contributed by atoms with Crippen LogP contribution in [0.25, 0.3) is 0 Å². The molecular weight excluding hydrogens is 553 g/mol. The van der Waals surface area contributed by atoms with E-state index in [-0.39, 0.29) is 11.9 Å². The van der Waals surface area contributed by atoms with Crippen LogP contribution in [0.3, 0.4) is 0 Å². The van der Waals surface area contributed by atoms with Gasteiger partial charge in [0.15, 0.2) is 17.1 Å². The van der Waals surface area contributed by atoms with Gasteiger partial charge in [0, 0.05) is 18.6 Å². The molecular formula is C30H38FNO10. The van der Waals surface area contributed by atoms with Crippen LogP contribution in [0.15, 0.2) is 42.5 Å². The van der Waals surface area contributed by atoms with Gasteiger partial charge in [0.05, 0.1) is 31.7 Å². The predicted molar refractivity (Wildman–Crippen MR) is 148 cm³/mol. The summed E-state index contributed by atoms with van der Waals surface area (Å²) in [7, 11) is 1.66. The zero-order valence-electron chi connectivity index (χ0n) is 23.8. The van der Waals surface area contributed by atoms with E-state index in [9.17, 15) is 23.9 Å². The van der Waals surface area contributed by atoms with E-state index in [0.717, 1.165) is 30.9 Å². The highest BCUT2D eigenvalue weighted by molar-refractivity contribution is 5.88. The first kappa shape index (κ1) is 32.8. The van der Waals surface area contributed by atoms with E-state index >= 15 is 0 Å². The van der Waals surface area contributed by atoms with Crippen LogP contribution in [-0.2, 0) is 26.5 Å². The second kappa shape index (κ2) is 13.5. The van der Waals surface area contributed by atoms with E-state index in [2.05, 4.69) is 11.0 Å². The number of halogens is 1. The number of aliphatic carboxylic acids is 3. The number of methoxy groups -OCH3 is 1. The standard InChI is InChI=1S/C24H30FNO3.C6H8O7/c1-16(2)29-22-10-7-17(11-23(22)28-3)15-26-20-8-9-21(26)14-24(27,13-20)18-5-4-6-19(25)12-18;7-3(8)1-6(13,5(11)12)2-4(9)10/h4-7,10-12,16,20-21,27H,8-9,13-15H2,1-3H3;13H,1-2H2,(H,7,8)(H,9,10)(H,11,12). The molecule has 0 spiro atoms. The van der Waals surface area contributed by atoms with Gasteiger partial charge in [0.1, 0.15) is 5.82 Å². The van der Waals surface area contributed by atoms with Crippen molar-refractivity contribution in [2.24, 2.45) is 0 Å². The number of carbonyl (C=O) groups is 3. The Balaban J connectivity index is 0.000000316. The fourth-order valence-corrected chi connectivity index (χ4v) is 5.67. The normalized spacial score (nSPS) is 21.8. The lowest BCUT2D eigenvalue weighted by Gasteiger charge is -2.44. The minimum atomic E-state index is -2.74. The monoisotopic (exact) mass is 591 g/mol. The molecule has 230 valence electrons. The fourth-order valence-electron chi connectivity index (χ4n) is 5.67. The Morgan fingerprint density at radius 1 is 1.00 bits per heavy atom. The van der Waals surface area contributed by atoms with Crippen LogP contribution in [-0.4, -0.2) is 79.2 Å². The van der Waals surface area contributed by atoms with E-state index in [0.29, 0.717) is 30.5 Å². The third-order valence-electron chi connectivity index (χ3n) is 7.52. The molecule has 0 aliphatic carbocycles. The van der Waals surface area contributed by atoms with Gasteiger partial charge in [-0.1, -0.05) is 18.2 Å². The maximum absolute atomic E-state index is 13.7. The molecule has 0 saturated carbocycles. The lowest BCUT2D eigenvalue weighted by Crippen LogP contribution is -2.49. The minimum absolute atomic E-state index is 0.0909. The molecule has 2 atom stereocenters. The number of carboxylic acid groups (broad SMARTS) is 3. The Labute approximate surface area is 243 Å². The Morgan fingerprint density at radius 2 is 1.60 bits per heavy atom. The van der Waals surface area contributed by atoms with Gasteiger partial charge in [-0.2, -0.15) is 0 Å². The van der Waals surface area contributed by atoms with Crippen molar-refractivity contribution < 1.29 is 53.8 Å². The molecule has 42 heavy (non-hydrogen) atoms. The van der Waals surface area contributed by atoms with E-state index in [4.69, 9.17) is 29.9 Å². The molecule has 2 unspecified atom stereocenters. The summed E-state index contributed by atoms with van der Waals surface area (Å²) in [4.78, 5) is 33.0. The number of ether oxygens (including phenoxy) is 2. The lowest BCUT2D eigenvalue weighted by molar-refractivity contribution is -0.170. The molecule has 4 rings (SSSR count). The largest absolute Gasteiger partial charge is 0.493 e. The van der Waals surface area contributed by atoms with Gasteiger partial charge in [0.2, 0.25) is 0 Å². The molecule has 2 fully saturated rings. The molecule has 0 amide bonds. The summed E-state index contributed by atoms with van der Waals surface area (Å²) in [6.07, 6.45) is 1.20. The maximum atomic E-state index is 13.7. The van der Waals surface area contributed by atoms with Crippen molar-refractivity contribution in [3.63, 3.8) is 0 Å². The average Bonchev–Trinajstić information content (AvgIpc) is 3.12. The molecule has 2 aromatic carbocycles. The smallest absolute Gasteiger partial charge is 0.336 e. The number of benzene rings is 2. The van der Waals surface area contributed by atoms with Crippen molar-refractivity contribution >= 4 is 17.9 Å². The van der Waals surface area contributed by atoms with Gasteiger partial charge in [-0.05, 0) is 74.9 Å². The third kappa shape index (κ3) is 8.17. The van der Waals surface area contributed by atoms with E-state index < -0.39 is 42.0 Å². The summed E-state index contributed by atoms with van der Waals surface area (Å²) < 4.78 is 25.1. The van der Waals surface area contributed by atoms with E-state index in [1.54, 1.807) is 13.2 Å². The molecule has 11 nitrogen and oxygen atoms in total. The second-order valence-electron chi connectivity index (χ2n) is 11.1. The number of piperidine rings is 1. The van der Waals surface area contributed by atoms with Gasteiger partial charge < -0.3 is 35.0 Å². The van der Waals surface area contributed by atoms with E-state index in [1.165, 1.54) is 17.7 Å². The van der Waals surface area contributed by atoms with Crippen LogP contribution in [0.4, 0.5) is 4.39 Å². The molecule has 0 radical (unpaired) electrons. The predicted octanol–water partition coefficient (Wildman–Crippen LogP) is 3.39. The second-order valence-corrected chi connectivity index (χ2v) is 11.1. The van der Waals surface area contributed by atoms with Gasteiger partial charge in [-0.3, -0.25) is 14.5 Å². The summed E-state index contributed by atoms with van der Waals surface area (Å²) in [5.41, 5.74) is -1.81. The quantitative estimate of drug-likeness (QED) is 0.259. The van der Waals surface area contributed by atoms with Gasteiger partial charge in [-0.25, -0.2) is 9.18 Å². The molecule has 12 heteroatoms. The first-order valence-electron chi connectivity index (χ1n) is 13.6. The molecule has 0 aromatic heterocycles. The summed E-state index contributed by atoms with van der Waals surface area (Å²) in [6.45, 7) is 4.81. The Bertz CT molecular complexity index is 1250. The van der Waals surface area contributed by atoms with Crippen LogP contribution in [0, 0.1) is 5.82 Å². The van der Waals surface area contributed by atoms with Crippen molar-refractivity contribution in [3.05, 3.63) is 59.4 Å². The summed E-state index contributed by atoms with van der Waals surface area (Å²) in [5, 5.41) is 45.1. The van der Waals surface area contributed by atoms with Crippen molar-refractivity contribution in [3.8, 4) is 11.5 Å². The maximum Gasteiger partial charge on any atom is 0.336 e. The van der Waals surface area contributed by atoms with Crippen LogP contribution in [0.5, 0.6) is 11.5 Å². The highest BCUT2D eigenvalue weighted by atomic mass is 19.1. The zero-order chi connectivity index (χ0) is 31.2. The molecule has 2 saturated heterocycles. The minimum Gasteiger partial charge on any atom is -0.493 e. The van der Waals surface area contributed by atoms with Gasteiger partial charge in [0.25, 0.3) is 0 Å². The number of hydrogen-bond donors (Lipinski definition) is 5. The number of hydrogen-bond acceptors (Lipinski definition) is 8. The lowest BCUT2D eigenvalue weighted by atomic mass is 9.80. The first-order chi connectivity index (χ1) is 19.7. The Morgan fingerprint density at radius 3 is 2.07 bits per heavy atom. The first-order valence-corrected chi connectivity index (χ1v) is 13.6. The summed E-state index contributed by atoms with van der Waals surface area (Å²) >= 11 is 0. The van der Waals surface area contributed by atoms with Crippen molar-refractivity contribution in [1.29, 1.82) is 0 Å². The number of carboxylic acids is 3. The van der Waals surface area contributed by atoms with Crippen LogP contribution < -0.4 is 9.47 Å². The van der Waals surface area contributed by atoms with Gasteiger partial charge >= 0.3 is 17.9 Å². The third-order valence-corrected chi connectivity index (χ3v) is 7.52. The number of nitrogens with zero attached hydrogens (tertiary/aromatic N) is 1. The number of fused-ring (bicyclic) bond motifs is 2. The van der Waals surface area contributed by atoms with Crippen molar-refractivity contribution in [1.82, 2.24) is 4.90 Å². The summed E-state index contributed by atoms with van der Waals surface area (Å²) in [6, 6.07) is 13.1. The molecule has 2 aliphatic heterocycles. The zero-order valence-corrected chi connectivity index (χ0v) is 23.8. The average molecular weight is 592 g/mol. The number of rotatable bonds is 11. The Hall–Kier alpha value is -3.74. The Kier molecular flexibility index (Phi) is 10.5. The summed E-state index contributed by atoms with van der Waals surface area (Å²) in [5.74, 6) is -3.80. The highest BCUT2D eigenvalue weighted by Crippen LogP contribution is 2.46. The molecule has 2 bridgehead atoms. The highest BCUT2D eigenvalue weighted by Gasteiger charge is 2.48. The van der Waals surface area contributed by atoms with Crippen LogP contribution in [0.1, 0.15) is 63.5 Å². The SMILES string of the molecule is COc1cc(CN2C3CCC2CC(O)(c2cccc(F)c2)C3)ccc1OC(C)C.O=C(O)CC(O)(CC(=O)O)C(=O)O. The molecule has 2 aliphatic rings.